The van der Waals surface area contributed by atoms with Crippen molar-refractivity contribution in [2.75, 3.05) is 25.5 Å². The van der Waals surface area contributed by atoms with Gasteiger partial charge < -0.3 is 15.3 Å². The number of aryl methyl sites for hydroxylation is 1. The zero-order chi connectivity index (χ0) is 21.0. The zero-order valence-corrected chi connectivity index (χ0v) is 17.5. The van der Waals surface area contributed by atoms with Crippen LogP contribution in [-0.4, -0.2) is 51.1 Å². The molecule has 3 aromatic rings. The Morgan fingerprint density at radius 3 is 2.66 bits per heavy atom. The molecule has 154 valence electrons. The van der Waals surface area contributed by atoms with E-state index < -0.39 is 5.82 Å². The van der Waals surface area contributed by atoms with Crippen molar-refractivity contribution in [2.45, 2.75) is 32.7 Å². The molecular weight excluding hydrogens is 393 g/mol. The van der Waals surface area contributed by atoms with Crippen molar-refractivity contribution in [3.63, 3.8) is 0 Å². The van der Waals surface area contributed by atoms with Gasteiger partial charge in [0.2, 0.25) is 5.95 Å². The Morgan fingerprint density at radius 1 is 1.24 bits per heavy atom. The molecule has 2 N–H and O–H groups in total. The number of pyridine rings is 1. The summed E-state index contributed by atoms with van der Waals surface area (Å²) in [5.41, 5.74) is 1.88. The van der Waals surface area contributed by atoms with E-state index in [2.05, 4.69) is 20.3 Å². The van der Waals surface area contributed by atoms with E-state index in [1.165, 1.54) is 23.6 Å². The first kappa shape index (κ1) is 21.1. The van der Waals surface area contributed by atoms with E-state index in [0.717, 1.165) is 48.1 Å². The lowest BCUT2D eigenvalue weighted by atomic mass is 10.1. The van der Waals surface area contributed by atoms with Crippen LogP contribution in [0.4, 0.5) is 10.3 Å². The van der Waals surface area contributed by atoms with Crippen LogP contribution in [0.3, 0.4) is 0 Å². The van der Waals surface area contributed by atoms with Gasteiger partial charge in [-0.3, -0.25) is 9.78 Å². The number of rotatable bonds is 4. The van der Waals surface area contributed by atoms with Crippen LogP contribution in [0.25, 0.3) is 10.2 Å². The number of fused-ring (bicyclic) bond motifs is 1. The van der Waals surface area contributed by atoms with Gasteiger partial charge >= 0.3 is 0 Å². The molecular formula is C20H24FN5O2S. The number of carbonyl (C=O) groups is 1. The number of hydrogen-bond donors (Lipinski definition) is 2. The molecule has 7 nitrogen and oxygen atoms in total. The van der Waals surface area contributed by atoms with Gasteiger partial charge in [0.25, 0.3) is 5.91 Å². The second kappa shape index (κ2) is 9.23. The summed E-state index contributed by atoms with van der Waals surface area (Å²) in [4.78, 5) is 28.9. The average molecular weight is 418 g/mol. The Kier molecular flexibility index (Phi) is 6.71. The lowest BCUT2D eigenvalue weighted by molar-refractivity contribution is 0.0789. The summed E-state index contributed by atoms with van der Waals surface area (Å²) in [6.07, 6.45) is 4.82. The SMILES string of the molecule is CO.Cc1cc2nc(NC(C)c3cncc(F)c3)nc(C(=O)N3CCCC3)c2s1. The van der Waals surface area contributed by atoms with Gasteiger partial charge in [0.1, 0.15) is 5.82 Å². The lowest BCUT2D eigenvalue weighted by Crippen LogP contribution is -2.28. The number of carbonyl (C=O) groups excluding carboxylic acids is 1. The van der Waals surface area contributed by atoms with E-state index in [1.54, 1.807) is 6.20 Å². The topological polar surface area (TPSA) is 91.2 Å². The van der Waals surface area contributed by atoms with Crippen LogP contribution in [0.15, 0.2) is 24.5 Å². The summed E-state index contributed by atoms with van der Waals surface area (Å²) >= 11 is 1.53. The van der Waals surface area contributed by atoms with Gasteiger partial charge in [-0.15, -0.1) is 11.3 Å². The van der Waals surface area contributed by atoms with E-state index in [9.17, 15) is 9.18 Å². The van der Waals surface area contributed by atoms with Gasteiger partial charge in [0.05, 0.1) is 22.5 Å². The molecule has 1 amide bonds. The van der Waals surface area contributed by atoms with Crippen LogP contribution in [-0.2, 0) is 0 Å². The molecule has 4 rings (SSSR count). The maximum Gasteiger partial charge on any atom is 0.274 e. The van der Waals surface area contributed by atoms with Crippen molar-refractivity contribution in [3.05, 3.63) is 46.5 Å². The van der Waals surface area contributed by atoms with Crippen molar-refractivity contribution in [2.24, 2.45) is 0 Å². The summed E-state index contributed by atoms with van der Waals surface area (Å²) in [6, 6.07) is 3.14. The van der Waals surface area contributed by atoms with Crippen LogP contribution in [0.5, 0.6) is 0 Å². The van der Waals surface area contributed by atoms with Crippen LogP contribution in [0, 0.1) is 12.7 Å². The van der Waals surface area contributed by atoms with E-state index in [4.69, 9.17) is 5.11 Å². The second-order valence-electron chi connectivity index (χ2n) is 6.77. The number of thiophene rings is 1. The third-order valence-electron chi connectivity index (χ3n) is 4.66. The molecule has 4 heterocycles. The molecule has 0 aromatic carbocycles. The second-order valence-corrected chi connectivity index (χ2v) is 8.03. The van der Waals surface area contributed by atoms with Crippen molar-refractivity contribution in [1.29, 1.82) is 0 Å². The number of aliphatic hydroxyl groups excluding tert-OH is 1. The molecule has 1 fully saturated rings. The third kappa shape index (κ3) is 4.68. The third-order valence-corrected chi connectivity index (χ3v) is 5.71. The Labute approximate surface area is 172 Å². The molecule has 0 bridgehead atoms. The predicted octanol–water partition coefficient (Wildman–Crippen LogP) is 3.55. The number of likely N-dealkylation sites (tertiary alicyclic amines) is 1. The normalized spacial score (nSPS) is 14.4. The fraction of sp³-hybridized carbons (Fsp3) is 0.400. The van der Waals surface area contributed by atoms with E-state index in [-0.39, 0.29) is 11.9 Å². The summed E-state index contributed by atoms with van der Waals surface area (Å²) in [6.45, 7) is 5.40. The van der Waals surface area contributed by atoms with Gasteiger partial charge in [-0.25, -0.2) is 14.4 Å². The van der Waals surface area contributed by atoms with Gasteiger partial charge in [0.15, 0.2) is 5.69 Å². The molecule has 9 heteroatoms. The quantitative estimate of drug-likeness (QED) is 0.675. The van der Waals surface area contributed by atoms with Crippen molar-refractivity contribution < 1.29 is 14.3 Å². The maximum absolute atomic E-state index is 13.4. The van der Waals surface area contributed by atoms with E-state index >= 15 is 0 Å². The van der Waals surface area contributed by atoms with Gasteiger partial charge in [-0.1, -0.05) is 0 Å². The highest BCUT2D eigenvalue weighted by Gasteiger charge is 2.25. The molecule has 1 saturated heterocycles. The first-order chi connectivity index (χ1) is 14.0. The predicted molar refractivity (Wildman–Crippen MR) is 112 cm³/mol. The number of amides is 1. The number of halogens is 1. The van der Waals surface area contributed by atoms with Gasteiger partial charge in [0, 0.05) is 31.3 Å². The Hall–Kier alpha value is -2.65. The molecule has 1 aliphatic rings. The van der Waals surface area contributed by atoms with Crippen molar-refractivity contribution in [1.82, 2.24) is 19.9 Å². The number of nitrogens with one attached hydrogen (secondary N) is 1. The minimum absolute atomic E-state index is 0.0510. The van der Waals surface area contributed by atoms with Crippen LogP contribution in [0.1, 0.15) is 46.7 Å². The highest BCUT2D eigenvalue weighted by molar-refractivity contribution is 7.19. The zero-order valence-electron chi connectivity index (χ0n) is 16.6. The monoisotopic (exact) mass is 417 g/mol. The van der Waals surface area contributed by atoms with Crippen LogP contribution < -0.4 is 5.32 Å². The van der Waals surface area contributed by atoms with Crippen molar-refractivity contribution >= 4 is 33.4 Å². The summed E-state index contributed by atoms with van der Waals surface area (Å²) in [5.74, 6) is -0.0830. The number of aromatic nitrogens is 3. The molecule has 0 aliphatic carbocycles. The molecule has 29 heavy (non-hydrogen) atoms. The first-order valence-corrected chi connectivity index (χ1v) is 10.2. The minimum Gasteiger partial charge on any atom is -0.400 e. The van der Waals surface area contributed by atoms with Crippen molar-refractivity contribution in [3.8, 4) is 0 Å². The molecule has 1 atom stereocenters. The highest BCUT2D eigenvalue weighted by atomic mass is 32.1. The highest BCUT2D eigenvalue weighted by Crippen LogP contribution is 2.29. The van der Waals surface area contributed by atoms with E-state index in [0.29, 0.717) is 17.2 Å². The summed E-state index contributed by atoms with van der Waals surface area (Å²) in [7, 11) is 1.00. The first-order valence-electron chi connectivity index (χ1n) is 9.40. The van der Waals surface area contributed by atoms with Crippen LogP contribution >= 0.6 is 11.3 Å². The Balaban J connectivity index is 0.00000117. The summed E-state index contributed by atoms with van der Waals surface area (Å²) < 4.78 is 14.3. The molecule has 3 aromatic heterocycles. The number of nitrogens with zero attached hydrogens (tertiary/aromatic N) is 4. The van der Waals surface area contributed by atoms with Crippen LogP contribution in [0.2, 0.25) is 0 Å². The minimum atomic E-state index is -0.393. The maximum atomic E-state index is 13.4. The average Bonchev–Trinajstić information content (AvgIpc) is 3.37. The Morgan fingerprint density at radius 2 is 1.97 bits per heavy atom. The summed E-state index contributed by atoms with van der Waals surface area (Å²) in [5, 5.41) is 10.2. The Bertz CT molecular complexity index is 1000. The van der Waals surface area contributed by atoms with Gasteiger partial charge in [-0.05, 0) is 44.4 Å². The smallest absolute Gasteiger partial charge is 0.274 e. The number of aliphatic hydroxyl groups is 1. The lowest BCUT2D eigenvalue weighted by Gasteiger charge is -2.17. The largest absolute Gasteiger partial charge is 0.400 e. The number of anilines is 1. The molecule has 0 spiro atoms. The molecule has 0 radical (unpaired) electrons. The molecule has 1 aliphatic heterocycles. The van der Waals surface area contributed by atoms with Gasteiger partial charge in [-0.2, -0.15) is 0 Å². The standard InChI is InChI=1S/C19H20FN5OS.CH4O/c1-11-7-15-17(27-11)16(18(26)25-5-3-4-6-25)24-19(23-15)22-12(2)13-8-14(20)10-21-9-13;1-2/h7-10,12H,3-6H2,1-2H3,(H,22,23,24);2H,1H3. The fourth-order valence-corrected chi connectivity index (χ4v) is 4.20. The number of hydrogen-bond acceptors (Lipinski definition) is 7. The van der Waals surface area contributed by atoms with E-state index in [1.807, 2.05) is 24.8 Å². The fourth-order valence-electron chi connectivity index (χ4n) is 3.27. The molecule has 0 saturated carbocycles. The molecule has 1 unspecified atom stereocenters.